The lowest BCUT2D eigenvalue weighted by atomic mass is 10.1. The number of rotatable bonds is 4. The smallest absolute Gasteiger partial charge is 0.254 e. The zero-order valence-electron chi connectivity index (χ0n) is 16.9. The highest BCUT2D eigenvalue weighted by molar-refractivity contribution is 7.80. The first-order valence-electron chi connectivity index (χ1n) is 9.65. The largest absolute Gasteiger partial charge is 0.336 e. The molecule has 0 spiro atoms. The lowest BCUT2D eigenvalue weighted by molar-refractivity contribution is -0.115. The first kappa shape index (κ1) is 23.2. The Kier molecular flexibility index (Phi) is 8.03. The van der Waals surface area contributed by atoms with E-state index in [-0.39, 0.29) is 11.0 Å². The Morgan fingerprint density at radius 1 is 1.03 bits per heavy atom. The summed E-state index contributed by atoms with van der Waals surface area (Å²) >= 11 is 17.3. The Morgan fingerprint density at radius 2 is 1.71 bits per heavy atom. The maximum absolute atomic E-state index is 12.8. The Morgan fingerprint density at radius 3 is 2.39 bits per heavy atom. The van der Waals surface area contributed by atoms with Gasteiger partial charge in [-0.3, -0.25) is 14.9 Å². The second-order valence-corrected chi connectivity index (χ2v) is 8.37. The van der Waals surface area contributed by atoms with Crippen molar-refractivity contribution in [1.82, 2.24) is 15.1 Å². The highest BCUT2D eigenvalue weighted by atomic mass is 35.5. The average molecular weight is 477 g/mol. The number of nitrogens with zero attached hydrogens (tertiary/aromatic N) is 2. The Balaban J connectivity index is 1.60. The van der Waals surface area contributed by atoms with Crippen LogP contribution in [0.5, 0.6) is 0 Å². The number of carbonyl (C=O) groups excluding carboxylic acids is 2. The summed E-state index contributed by atoms with van der Waals surface area (Å²) in [6, 6.07) is 12.0. The van der Waals surface area contributed by atoms with Crippen LogP contribution in [-0.4, -0.2) is 60.0 Å². The van der Waals surface area contributed by atoms with Gasteiger partial charge in [-0.25, -0.2) is 0 Å². The van der Waals surface area contributed by atoms with Crippen LogP contribution >= 0.6 is 35.4 Å². The molecule has 0 radical (unpaired) electrons. The Hall–Kier alpha value is -2.45. The van der Waals surface area contributed by atoms with Crippen LogP contribution in [0.2, 0.25) is 10.0 Å². The van der Waals surface area contributed by atoms with Crippen molar-refractivity contribution < 1.29 is 9.59 Å². The number of nitrogens with one attached hydrogen (secondary N) is 2. The van der Waals surface area contributed by atoms with Crippen LogP contribution in [0.3, 0.4) is 0 Å². The van der Waals surface area contributed by atoms with E-state index in [9.17, 15) is 9.59 Å². The molecule has 162 valence electrons. The van der Waals surface area contributed by atoms with Crippen molar-refractivity contribution in [3.8, 4) is 0 Å². The van der Waals surface area contributed by atoms with E-state index in [2.05, 4.69) is 15.5 Å². The molecular weight excluding hydrogens is 455 g/mol. The third-order valence-electron chi connectivity index (χ3n) is 4.79. The minimum absolute atomic E-state index is 0.0614. The molecule has 1 fully saturated rings. The normalized spacial score (nSPS) is 14.5. The molecule has 1 saturated heterocycles. The molecular formula is C22H22Cl2N4O2S. The highest BCUT2D eigenvalue weighted by Crippen LogP contribution is 2.24. The summed E-state index contributed by atoms with van der Waals surface area (Å²) in [5.41, 5.74) is 1.79. The van der Waals surface area contributed by atoms with Crippen LogP contribution in [0.4, 0.5) is 5.69 Å². The van der Waals surface area contributed by atoms with Gasteiger partial charge in [0.2, 0.25) is 5.91 Å². The average Bonchev–Trinajstić information content (AvgIpc) is 2.75. The van der Waals surface area contributed by atoms with E-state index >= 15 is 0 Å². The zero-order valence-corrected chi connectivity index (χ0v) is 19.2. The molecule has 0 bridgehead atoms. The molecule has 6 nitrogen and oxygen atoms in total. The minimum atomic E-state index is -0.395. The number of benzene rings is 2. The first-order valence-corrected chi connectivity index (χ1v) is 10.8. The summed E-state index contributed by atoms with van der Waals surface area (Å²) < 4.78 is 0. The number of likely N-dealkylation sites (N-methyl/N-ethyl adjacent to an activating group) is 1. The quantitative estimate of drug-likeness (QED) is 0.517. The third kappa shape index (κ3) is 6.77. The van der Waals surface area contributed by atoms with E-state index < -0.39 is 5.91 Å². The molecule has 1 aliphatic rings. The van der Waals surface area contributed by atoms with Crippen molar-refractivity contribution in [2.24, 2.45) is 0 Å². The van der Waals surface area contributed by atoms with Crippen molar-refractivity contribution in [3.05, 3.63) is 69.7 Å². The predicted octanol–water partition coefficient (Wildman–Crippen LogP) is 3.91. The molecule has 0 atom stereocenters. The van der Waals surface area contributed by atoms with Crippen molar-refractivity contribution in [3.63, 3.8) is 0 Å². The molecule has 3 rings (SSSR count). The molecule has 0 unspecified atom stereocenters. The molecule has 2 N–H and O–H groups in total. The van der Waals surface area contributed by atoms with Gasteiger partial charge in [-0.2, -0.15) is 0 Å². The van der Waals surface area contributed by atoms with E-state index in [1.165, 1.54) is 6.08 Å². The highest BCUT2D eigenvalue weighted by Gasteiger charge is 2.21. The molecule has 0 saturated carbocycles. The van der Waals surface area contributed by atoms with Crippen LogP contribution in [0, 0.1) is 0 Å². The Bertz CT molecular complexity index is 1000. The molecule has 0 aliphatic carbocycles. The van der Waals surface area contributed by atoms with Gasteiger partial charge in [0, 0.05) is 42.8 Å². The van der Waals surface area contributed by atoms with Gasteiger partial charge in [0.1, 0.15) is 0 Å². The second kappa shape index (κ2) is 10.7. The molecule has 9 heteroatoms. The molecule has 1 heterocycles. The summed E-state index contributed by atoms with van der Waals surface area (Å²) in [7, 11) is 2.03. The SMILES string of the molecule is CN1CCN(C(=O)c2ccc(Cl)c(NC(=S)NC(=O)/C=C/c3ccc(Cl)cc3)c2)CC1. The first-order chi connectivity index (χ1) is 14.8. The van der Waals surface area contributed by atoms with E-state index in [0.29, 0.717) is 34.4 Å². The standard InChI is InChI=1S/C22H22Cl2N4O2S/c1-27-10-12-28(13-11-27)21(30)16-5-8-18(24)19(14-16)25-22(31)26-20(29)9-4-15-2-6-17(23)7-3-15/h2-9,14H,10-13H2,1H3,(H2,25,26,29,31)/b9-4+. The monoisotopic (exact) mass is 476 g/mol. The maximum atomic E-state index is 12.8. The molecule has 2 aromatic carbocycles. The Labute approximate surface area is 196 Å². The van der Waals surface area contributed by atoms with Crippen molar-refractivity contribution in [2.75, 3.05) is 38.5 Å². The summed E-state index contributed by atoms with van der Waals surface area (Å²) in [5.74, 6) is -0.457. The van der Waals surface area contributed by atoms with Crippen LogP contribution in [-0.2, 0) is 4.79 Å². The fraction of sp³-hybridized carbons (Fsp3) is 0.227. The topological polar surface area (TPSA) is 64.7 Å². The van der Waals surface area contributed by atoms with E-state index in [4.69, 9.17) is 35.4 Å². The molecule has 1 aliphatic heterocycles. The zero-order chi connectivity index (χ0) is 22.4. The van der Waals surface area contributed by atoms with Crippen molar-refractivity contribution in [2.45, 2.75) is 0 Å². The summed E-state index contributed by atoms with van der Waals surface area (Å²) in [5, 5.41) is 6.55. The van der Waals surface area contributed by atoms with Crippen LogP contribution < -0.4 is 10.6 Å². The second-order valence-electron chi connectivity index (χ2n) is 7.12. The maximum Gasteiger partial charge on any atom is 0.254 e. The van der Waals surface area contributed by atoms with E-state index in [1.807, 2.05) is 11.9 Å². The fourth-order valence-electron chi connectivity index (χ4n) is 3.00. The van der Waals surface area contributed by atoms with Gasteiger partial charge >= 0.3 is 0 Å². The number of carbonyl (C=O) groups is 2. The van der Waals surface area contributed by atoms with Crippen LogP contribution in [0.1, 0.15) is 15.9 Å². The lowest BCUT2D eigenvalue weighted by Crippen LogP contribution is -2.47. The van der Waals surface area contributed by atoms with Crippen molar-refractivity contribution in [1.29, 1.82) is 0 Å². The summed E-state index contributed by atoms with van der Waals surface area (Å²) in [6.07, 6.45) is 3.02. The van der Waals surface area contributed by atoms with Crippen LogP contribution in [0.15, 0.2) is 48.5 Å². The fourth-order valence-corrected chi connectivity index (χ4v) is 3.50. The van der Waals surface area contributed by atoms with Crippen molar-refractivity contribution >= 4 is 64.1 Å². The summed E-state index contributed by atoms with van der Waals surface area (Å²) in [4.78, 5) is 28.9. The number of piperazine rings is 1. The lowest BCUT2D eigenvalue weighted by Gasteiger charge is -2.32. The number of anilines is 1. The van der Waals surface area contributed by atoms with Gasteiger partial charge in [-0.05, 0) is 61.2 Å². The third-order valence-corrected chi connectivity index (χ3v) is 5.57. The number of amides is 2. The number of halogens is 2. The van der Waals surface area contributed by atoms with Gasteiger partial charge in [0.15, 0.2) is 5.11 Å². The molecule has 31 heavy (non-hydrogen) atoms. The predicted molar refractivity (Wildman–Crippen MR) is 130 cm³/mol. The molecule has 2 aromatic rings. The van der Waals surface area contributed by atoms with E-state index in [1.54, 1.807) is 48.5 Å². The minimum Gasteiger partial charge on any atom is -0.336 e. The van der Waals surface area contributed by atoms with Gasteiger partial charge in [0.25, 0.3) is 5.91 Å². The van der Waals surface area contributed by atoms with E-state index in [0.717, 1.165) is 18.7 Å². The number of hydrogen-bond acceptors (Lipinski definition) is 4. The van der Waals surface area contributed by atoms with Crippen LogP contribution in [0.25, 0.3) is 6.08 Å². The number of hydrogen-bond donors (Lipinski definition) is 2. The molecule has 2 amide bonds. The molecule has 0 aromatic heterocycles. The van der Waals surface area contributed by atoms with Gasteiger partial charge in [-0.15, -0.1) is 0 Å². The van der Waals surface area contributed by atoms with Gasteiger partial charge in [0.05, 0.1) is 10.7 Å². The summed E-state index contributed by atoms with van der Waals surface area (Å²) in [6.45, 7) is 3.03. The number of thiocarbonyl (C=S) groups is 1. The van der Waals surface area contributed by atoms with Gasteiger partial charge < -0.3 is 15.1 Å². The van der Waals surface area contributed by atoms with Gasteiger partial charge in [-0.1, -0.05) is 35.3 Å².